The second kappa shape index (κ2) is 7.74. The highest BCUT2D eigenvalue weighted by Gasteiger charge is 2.30. The molecule has 22 heavy (non-hydrogen) atoms. The van der Waals surface area contributed by atoms with E-state index in [0.717, 1.165) is 0 Å². The number of hydrogen-bond acceptors (Lipinski definition) is 5. The number of methoxy groups -OCH3 is 1. The molecule has 2 heterocycles. The average molecular weight is 308 g/mol. The SMILES string of the molecule is COc1ccc(C(=O)NCC(C(=O)O)C2CCOCC2)cn1. The molecule has 0 radical (unpaired) electrons. The van der Waals surface area contributed by atoms with E-state index in [-0.39, 0.29) is 18.4 Å². The van der Waals surface area contributed by atoms with Crippen LogP contribution in [0, 0.1) is 11.8 Å². The molecule has 0 aromatic carbocycles. The van der Waals surface area contributed by atoms with Crippen LogP contribution < -0.4 is 10.1 Å². The van der Waals surface area contributed by atoms with Crippen molar-refractivity contribution in [1.29, 1.82) is 0 Å². The number of nitrogens with one attached hydrogen (secondary N) is 1. The van der Waals surface area contributed by atoms with Gasteiger partial charge in [0.25, 0.3) is 5.91 Å². The van der Waals surface area contributed by atoms with Crippen molar-refractivity contribution < 1.29 is 24.2 Å². The Morgan fingerprint density at radius 1 is 1.45 bits per heavy atom. The topological polar surface area (TPSA) is 97.8 Å². The van der Waals surface area contributed by atoms with Gasteiger partial charge in [0.05, 0.1) is 18.6 Å². The molecule has 120 valence electrons. The number of carbonyl (C=O) groups is 2. The molecule has 2 rings (SSSR count). The van der Waals surface area contributed by atoms with Crippen molar-refractivity contribution in [3.8, 4) is 5.88 Å². The van der Waals surface area contributed by atoms with Gasteiger partial charge in [-0.05, 0) is 24.8 Å². The van der Waals surface area contributed by atoms with Gasteiger partial charge in [-0.2, -0.15) is 0 Å². The predicted octanol–water partition coefficient (Wildman–Crippen LogP) is 0.947. The zero-order valence-corrected chi connectivity index (χ0v) is 12.4. The molecule has 0 spiro atoms. The fourth-order valence-corrected chi connectivity index (χ4v) is 2.51. The van der Waals surface area contributed by atoms with E-state index >= 15 is 0 Å². The van der Waals surface area contributed by atoms with Gasteiger partial charge in [0.1, 0.15) is 0 Å². The molecular formula is C15H20N2O5. The first-order chi connectivity index (χ1) is 10.6. The largest absolute Gasteiger partial charge is 0.481 e. The van der Waals surface area contributed by atoms with E-state index in [1.54, 1.807) is 12.1 Å². The number of hydrogen-bond donors (Lipinski definition) is 2. The van der Waals surface area contributed by atoms with Crippen LogP contribution in [0.15, 0.2) is 18.3 Å². The summed E-state index contributed by atoms with van der Waals surface area (Å²) in [7, 11) is 1.49. The molecule has 0 bridgehead atoms. The van der Waals surface area contributed by atoms with E-state index in [1.165, 1.54) is 13.3 Å². The minimum atomic E-state index is -0.889. The molecule has 1 fully saturated rings. The predicted molar refractivity (Wildman–Crippen MR) is 77.8 cm³/mol. The van der Waals surface area contributed by atoms with Crippen LogP contribution in [-0.4, -0.2) is 48.8 Å². The number of nitrogens with zero attached hydrogens (tertiary/aromatic N) is 1. The number of aliphatic carboxylic acids is 1. The van der Waals surface area contributed by atoms with Crippen LogP contribution in [0.1, 0.15) is 23.2 Å². The standard InChI is InChI=1S/C15H20N2O5/c1-21-13-3-2-11(8-16-13)14(18)17-9-12(15(19)20)10-4-6-22-7-5-10/h2-3,8,10,12H,4-7,9H2,1H3,(H,17,18)(H,19,20). The van der Waals surface area contributed by atoms with Gasteiger partial charge < -0.3 is 19.9 Å². The molecule has 1 aliphatic heterocycles. The van der Waals surface area contributed by atoms with Gasteiger partial charge in [0.2, 0.25) is 5.88 Å². The summed E-state index contributed by atoms with van der Waals surface area (Å²) in [6.45, 7) is 1.25. The number of carboxylic acids is 1. The fraction of sp³-hybridized carbons (Fsp3) is 0.533. The quantitative estimate of drug-likeness (QED) is 0.812. The van der Waals surface area contributed by atoms with Crippen molar-refractivity contribution in [2.75, 3.05) is 26.9 Å². The molecule has 1 aromatic heterocycles. The molecule has 2 N–H and O–H groups in total. The van der Waals surface area contributed by atoms with E-state index in [0.29, 0.717) is 37.5 Å². The van der Waals surface area contributed by atoms with Crippen molar-refractivity contribution in [2.24, 2.45) is 11.8 Å². The highest BCUT2D eigenvalue weighted by molar-refractivity contribution is 5.94. The highest BCUT2D eigenvalue weighted by atomic mass is 16.5. The first-order valence-electron chi connectivity index (χ1n) is 7.20. The van der Waals surface area contributed by atoms with Crippen LogP contribution in [0.5, 0.6) is 5.88 Å². The molecule has 1 atom stereocenters. The van der Waals surface area contributed by atoms with Crippen LogP contribution in [-0.2, 0) is 9.53 Å². The average Bonchev–Trinajstić information content (AvgIpc) is 2.55. The molecule has 1 amide bonds. The summed E-state index contributed by atoms with van der Waals surface area (Å²) in [5.41, 5.74) is 0.372. The molecule has 1 saturated heterocycles. The summed E-state index contributed by atoms with van der Waals surface area (Å²) in [6, 6.07) is 3.17. The molecule has 7 nitrogen and oxygen atoms in total. The van der Waals surface area contributed by atoms with Crippen LogP contribution in [0.25, 0.3) is 0 Å². The van der Waals surface area contributed by atoms with Gasteiger partial charge in [0.15, 0.2) is 0 Å². The molecule has 0 aliphatic carbocycles. The second-order valence-corrected chi connectivity index (χ2v) is 5.19. The molecule has 1 aromatic rings. The summed E-state index contributed by atoms with van der Waals surface area (Å²) in [6.07, 6.45) is 2.81. The minimum Gasteiger partial charge on any atom is -0.481 e. The lowest BCUT2D eigenvalue weighted by molar-refractivity contribution is -0.144. The Labute approximate surface area is 128 Å². The monoisotopic (exact) mass is 308 g/mol. The maximum Gasteiger partial charge on any atom is 0.308 e. The number of pyridine rings is 1. The Bertz CT molecular complexity index is 511. The molecule has 1 aliphatic rings. The second-order valence-electron chi connectivity index (χ2n) is 5.19. The van der Waals surface area contributed by atoms with E-state index < -0.39 is 11.9 Å². The van der Waals surface area contributed by atoms with Gasteiger partial charge in [-0.1, -0.05) is 0 Å². The lowest BCUT2D eigenvalue weighted by Gasteiger charge is -2.27. The molecular weight excluding hydrogens is 288 g/mol. The van der Waals surface area contributed by atoms with Crippen LogP contribution in [0.2, 0.25) is 0 Å². The van der Waals surface area contributed by atoms with E-state index in [9.17, 15) is 14.7 Å². The van der Waals surface area contributed by atoms with Gasteiger partial charge in [0, 0.05) is 32.0 Å². The highest BCUT2D eigenvalue weighted by Crippen LogP contribution is 2.23. The third-order valence-corrected chi connectivity index (χ3v) is 3.84. The van der Waals surface area contributed by atoms with E-state index in [4.69, 9.17) is 9.47 Å². The fourth-order valence-electron chi connectivity index (χ4n) is 2.51. The van der Waals surface area contributed by atoms with Crippen molar-refractivity contribution in [3.63, 3.8) is 0 Å². The van der Waals surface area contributed by atoms with Gasteiger partial charge in [-0.3, -0.25) is 9.59 Å². The maximum atomic E-state index is 12.0. The summed E-state index contributed by atoms with van der Waals surface area (Å²) in [4.78, 5) is 27.4. The third-order valence-electron chi connectivity index (χ3n) is 3.84. The lowest BCUT2D eigenvalue weighted by atomic mass is 9.86. The third kappa shape index (κ3) is 4.17. The number of carboxylic acid groups (broad SMARTS) is 1. The summed E-state index contributed by atoms with van der Waals surface area (Å²) >= 11 is 0. The number of aromatic nitrogens is 1. The van der Waals surface area contributed by atoms with Crippen LogP contribution in [0.3, 0.4) is 0 Å². The van der Waals surface area contributed by atoms with E-state index in [1.807, 2.05) is 0 Å². The molecule has 7 heteroatoms. The van der Waals surface area contributed by atoms with Gasteiger partial charge in [-0.15, -0.1) is 0 Å². The minimum absolute atomic E-state index is 0.0283. The molecule has 0 saturated carbocycles. The number of ether oxygens (including phenoxy) is 2. The first kappa shape index (κ1) is 16.2. The zero-order valence-electron chi connectivity index (χ0n) is 12.4. The molecule has 1 unspecified atom stereocenters. The Balaban J connectivity index is 1.93. The maximum absolute atomic E-state index is 12.0. The number of carbonyl (C=O) groups excluding carboxylic acids is 1. The van der Waals surface area contributed by atoms with Crippen molar-refractivity contribution in [2.45, 2.75) is 12.8 Å². The summed E-state index contributed by atoms with van der Waals surface area (Å²) in [5, 5.41) is 12.0. The number of rotatable bonds is 6. The van der Waals surface area contributed by atoms with Gasteiger partial charge in [-0.25, -0.2) is 4.98 Å². The van der Waals surface area contributed by atoms with Crippen LogP contribution in [0.4, 0.5) is 0 Å². The first-order valence-corrected chi connectivity index (χ1v) is 7.20. The Hall–Kier alpha value is -2.15. The smallest absolute Gasteiger partial charge is 0.308 e. The Morgan fingerprint density at radius 3 is 2.73 bits per heavy atom. The van der Waals surface area contributed by atoms with Crippen molar-refractivity contribution in [1.82, 2.24) is 10.3 Å². The zero-order chi connectivity index (χ0) is 15.9. The Kier molecular flexibility index (Phi) is 5.71. The normalized spacial score (nSPS) is 16.8. The summed E-state index contributed by atoms with van der Waals surface area (Å²) < 4.78 is 10.2. The summed E-state index contributed by atoms with van der Waals surface area (Å²) in [5.74, 6) is -1.38. The van der Waals surface area contributed by atoms with Crippen molar-refractivity contribution in [3.05, 3.63) is 23.9 Å². The number of amides is 1. The Morgan fingerprint density at radius 2 is 2.18 bits per heavy atom. The van der Waals surface area contributed by atoms with E-state index in [2.05, 4.69) is 10.3 Å². The van der Waals surface area contributed by atoms with Gasteiger partial charge >= 0.3 is 5.97 Å². The van der Waals surface area contributed by atoms with Crippen LogP contribution >= 0.6 is 0 Å². The van der Waals surface area contributed by atoms with Crippen molar-refractivity contribution >= 4 is 11.9 Å². The lowest BCUT2D eigenvalue weighted by Crippen LogP contribution is -2.39.